The van der Waals surface area contributed by atoms with E-state index in [1.54, 1.807) is 12.1 Å². The van der Waals surface area contributed by atoms with Gasteiger partial charge >= 0.3 is 0 Å². The highest BCUT2D eigenvalue weighted by Gasteiger charge is 2.22. The van der Waals surface area contributed by atoms with Crippen molar-refractivity contribution < 1.29 is 13.7 Å². The average molecular weight is 383 g/mol. The van der Waals surface area contributed by atoms with Gasteiger partial charge in [0, 0.05) is 31.0 Å². The molecule has 0 spiro atoms. The zero-order valence-corrected chi connectivity index (χ0v) is 15.5. The van der Waals surface area contributed by atoms with Crippen molar-refractivity contribution in [1.29, 1.82) is 0 Å². The molecule has 0 radical (unpaired) electrons. The van der Waals surface area contributed by atoms with Crippen molar-refractivity contribution >= 4 is 18.3 Å². The third-order valence-electron chi connectivity index (χ3n) is 4.54. The Balaban J connectivity index is 0.00000243. The first-order valence-electron chi connectivity index (χ1n) is 8.70. The fourth-order valence-corrected chi connectivity index (χ4v) is 2.93. The van der Waals surface area contributed by atoms with Crippen LogP contribution in [0.2, 0.25) is 0 Å². The number of rotatable bonds is 6. The van der Waals surface area contributed by atoms with Crippen LogP contribution in [-0.4, -0.2) is 35.2 Å². The van der Waals surface area contributed by atoms with Crippen LogP contribution < -0.4 is 10.6 Å². The number of hydrogen-bond acceptors (Lipinski definition) is 5. The molecule has 1 amide bonds. The van der Waals surface area contributed by atoms with Crippen molar-refractivity contribution in [3.8, 4) is 11.4 Å². The summed E-state index contributed by atoms with van der Waals surface area (Å²) in [6.45, 7) is 4.01. The molecule has 6 nitrogen and oxygen atoms in total. The first-order chi connectivity index (χ1) is 12.1. The highest BCUT2D eigenvalue weighted by molar-refractivity contribution is 5.85. The summed E-state index contributed by atoms with van der Waals surface area (Å²) in [6, 6.07) is 6.14. The van der Waals surface area contributed by atoms with Crippen molar-refractivity contribution in [1.82, 2.24) is 20.8 Å². The monoisotopic (exact) mass is 382 g/mol. The van der Waals surface area contributed by atoms with E-state index in [4.69, 9.17) is 4.52 Å². The molecule has 2 aromatic rings. The molecule has 2 heterocycles. The molecule has 2 N–H and O–H groups in total. The topological polar surface area (TPSA) is 80.0 Å². The van der Waals surface area contributed by atoms with Gasteiger partial charge < -0.3 is 15.2 Å². The van der Waals surface area contributed by atoms with Crippen LogP contribution in [-0.2, 0) is 11.2 Å². The molecule has 142 valence electrons. The Hall–Kier alpha value is -1.99. The first-order valence-corrected chi connectivity index (χ1v) is 8.70. The van der Waals surface area contributed by atoms with Crippen LogP contribution in [0, 0.1) is 11.7 Å². The van der Waals surface area contributed by atoms with Gasteiger partial charge in [-0.15, -0.1) is 12.4 Å². The number of benzene rings is 1. The predicted molar refractivity (Wildman–Crippen MR) is 98.5 cm³/mol. The molecule has 1 fully saturated rings. The number of aromatic nitrogens is 2. The number of nitrogens with zero attached hydrogens (tertiary/aromatic N) is 2. The summed E-state index contributed by atoms with van der Waals surface area (Å²) in [7, 11) is 0. The molecule has 8 heteroatoms. The van der Waals surface area contributed by atoms with Gasteiger partial charge in [0.2, 0.25) is 17.6 Å². The Morgan fingerprint density at radius 2 is 2.15 bits per heavy atom. The molecule has 0 bridgehead atoms. The Kier molecular flexibility index (Phi) is 7.53. The largest absolute Gasteiger partial charge is 0.352 e. The highest BCUT2D eigenvalue weighted by atomic mass is 35.5. The Morgan fingerprint density at radius 1 is 1.38 bits per heavy atom. The highest BCUT2D eigenvalue weighted by Crippen LogP contribution is 2.17. The minimum Gasteiger partial charge on any atom is -0.352 e. The molecular formula is C18H24ClFN4O2. The zero-order valence-electron chi connectivity index (χ0n) is 14.7. The van der Waals surface area contributed by atoms with Crippen molar-refractivity contribution in [2.75, 3.05) is 13.1 Å². The summed E-state index contributed by atoms with van der Waals surface area (Å²) in [6.07, 6.45) is 2.70. The Bertz CT molecular complexity index is 707. The van der Waals surface area contributed by atoms with Gasteiger partial charge in [0.25, 0.3) is 0 Å². The van der Waals surface area contributed by atoms with Crippen LogP contribution in [0.5, 0.6) is 0 Å². The minimum absolute atomic E-state index is 0. The summed E-state index contributed by atoms with van der Waals surface area (Å²) < 4.78 is 18.1. The fraction of sp³-hybridized carbons (Fsp3) is 0.500. The van der Waals surface area contributed by atoms with E-state index >= 15 is 0 Å². The molecular weight excluding hydrogens is 359 g/mol. The SMILES string of the molecule is CC1CCNCC1NC(=O)CCCc1nc(-c2ccc(F)cc2)no1.Cl. The molecule has 1 aliphatic heterocycles. The van der Waals surface area contributed by atoms with Crippen LogP contribution in [0.25, 0.3) is 11.4 Å². The molecule has 0 saturated carbocycles. The predicted octanol–water partition coefficient (Wildman–Crippen LogP) is 2.73. The maximum absolute atomic E-state index is 12.9. The molecule has 3 rings (SSSR count). The van der Waals surface area contributed by atoms with Gasteiger partial charge in [-0.1, -0.05) is 12.1 Å². The lowest BCUT2D eigenvalue weighted by Gasteiger charge is -2.30. The van der Waals surface area contributed by atoms with Crippen molar-refractivity contribution in [3.63, 3.8) is 0 Å². The molecule has 0 aliphatic carbocycles. The molecule has 2 unspecified atom stereocenters. The minimum atomic E-state index is -0.305. The molecule has 1 aromatic carbocycles. The molecule has 1 aliphatic rings. The lowest BCUT2D eigenvalue weighted by atomic mass is 9.94. The third kappa shape index (κ3) is 5.51. The standard InChI is InChI=1S/C18H23FN4O2.ClH/c1-12-9-10-20-11-15(12)21-16(24)3-2-4-17-22-18(23-25-17)13-5-7-14(19)8-6-13;/h5-8,12,15,20H,2-4,9-11H2,1H3,(H,21,24);1H. The smallest absolute Gasteiger partial charge is 0.226 e. The second-order valence-electron chi connectivity index (χ2n) is 6.52. The molecule has 26 heavy (non-hydrogen) atoms. The number of halogens is 2. The van der Waals surface area contributed by atoms with Crippen molar-refractivity contribution in [2.24, 2.45) is 5.92 Å². The Morgan fingerprint density at radius 3 is 2.88 bits per heavy atom. The normalized spacial score (nSPS) is 19.6. The van der Waals surface area contributed by atoms with E-state index in [-0.39, 0.29) is 30.2 Å². The van der Waals surface area contributed by atoms with E-state index in [1.165, 1.54) is 12.1 Å². The maximum atomic E-state index is 12.9. The number of nitrogens with one attached hydrogen (secondary N) is 2. The van der Waals surface area contributed by atoms with Gasteiger partial charge in [0.1, 0.15) is 5.82 Å². The second-order valence-corrected chi connectivity index (χ2v) is 6.52. The number of carbonyl (C=O) groups excluding carboxylic acids is 1. The van der Waals surface area contributed by atoms with E-state index in [1.807, 2.05) is 0 Å². The zero-order chi connectivity index (χ0) is 17.6. The van der Waals surface area contributed by atoms with Crippen LogP contribution in [0.4, 0.5) is 4.39 Å². The van der Waals surface area contributed by atoms with E-state index in [0.717, 1.165) is 19.5 Å². The van der Waals surface area contributed by atoms with Crippen LogP contribution in [0.15, 0.2) is 28.8 Å². The van der Waals surface area contributed by atoms with E-state index < -0.39 is 0 Å². The summed E-state index contributed by atoms with van der Waals surface area (Å²) >= 11 is 0. The van der Waals surface area contributed by atoms with Crippen LogP contribution >= 0.6 is 12.4 Å². The average Bonchev–Trinajstić information content (AvgIpc) is 3.06. The van der Waals surface area contributed by atoms with Gasteiger partial charge in [0.05, 0.1) is 0 Å². The number of hydrogen-bond donors (Lipinski definition) is 2. The first kappa shape index (κ1) is 20.3. The van der Waals surface area contributed by atoms with Gasteiger partial charge in [0.15, 0.2) is 0 Å². The molecule has 1 aromatic heterocycles. The van der Waals surface area contributed by atoms with Crippen LogP contribution in [0.1, 0.15) is 32.1 Å². The van der Waals surface area contributed by atoms with E-state index in [0.29, 0.717) is 42.5 Å². The lowest BCUT2D eigenvalue weighted by Crippen LogP contribution is -2.50. The molecule has 1 saturated heterocycles. The Labute approximate surface area is 158 Å². The summed E-state index contributed by atoms with van der Waals surface area (Å²) in [4.78, 5) is 16.4. The summed E-state index contributed by atoms with van der Waals surface area (Å²) in [5.41, 5.74) is 0.702. The number of carbonyl (C=O) groups is 1. The molecule has 2 atom stereocenters. The lowest BCUT2D eigenvalue weighted by molar-refractivity contribution is -0.122. The van der Waals surface area contributed by atoms with Gasteiger partial charge in [-0.3, -0.25) is 4.79 Å². The fourth-order valence-electron chi connectivity index (χ4n) is 2.93. The van der Waals surface area contributed by atoms with Crippen molar-refractivity contribution in [2.45, 2.75) is 38.6 Å². The van der Waals surface area contributed by atoms with Gasteiger partial charge in [-0.2, -0.15) is 4.98 Å². The third-order valence-corrected chi connectivity index (χ3v) is 4.54. The quantitative estimate of drug-likeness (QED) is 0.803. The number of piperidine rings is 1. The number of amides is 1. The van der Waals surface area contributed by atoms with Gasteiger partial charge in [-0.25, -0.2) is 4.39 Å². The van der Waals surface area contributed by atoms with Crippen molar-refractivity contribution in [3.05, 3.63) is 36.0 Å². The van der Waals surface area contributed by atoms with E-state index in [9.17, 15) is 9.18 Å². The van der Waals surface area contributed by atoms with E-state index in [2.05, 4.69) is 27.7 Å². The summed E-state index contributed by atoms with van der Waals surface area (Å²) in [5.74, 6) is 1.17. The maximum Gasteiger partial charge on any atom is 0.226 e. The second kappa shape index (κ2) is 9.64. The summed E-state index contributed by atoms with van der Waals surface area (Å²) in [5, 5.41) is 10.3. The number of aryl methyl sites for hydroxylation is 1. The van der Waals surface area contributed by atoms with Crippen LogP contribution in [0.3, 0.4) is 0 Å². The van der Waals surface area contributed by atoms with Gasteiger partial charge in [-0.05, 0) is 49.6 Å².